The number of ether oxygens (including phenoxy) is 2. The minimum absolute atomic E-state index is 0.128. The summed E-state index contributed by atoms with van der Waals surface area (Å²) in [6.45, 7) is 2.67. The molecule has 1 aromatic rings. The Balaban J connectivity index is 2.56. The maximum absolute atomic E-state index is 12.2. The van der Waals surface area contributed by atoms with Gasteiger partial charge in [0.25, 0.3) is 0 Å². The summed E-state index contributed by atoms with van der Waals surface area (Å²) < 4.78 is 12.2. The number of nitrogens with zero attached hydrogens (tertiary/aromatic N) is 3. The Morgan fingerprint density at radius 2 is 2.26 bits per heavy atom. The molecular weight excluding hydrogens is 304 g/mol. The number of hydrogen-bond donors (Lipinski definition) is 2. The van der Waals surface area contributed by atoms with Gasteiger partial charge in [-0.15, -0.1) is 0 Å². The highest BCUT2D eigenvalue weighted by molar-refractivity contribution is 5.73. The van der Waals surface area contributed by atoms with Gasteiger partial charge in [0.1, 0.15) is 18.5 Å². The second-order valence-electron chi connectivity index (χ2n) is 5.23. The molecule has 1 aliphatic heterocycles. The number of rotatable bonds is 4. The summed E-state index contributed by atoms with van der Waals surface area (Å²) in [5.74, 6) is 0.335. The van der Waals surface area contributed by atoms with Crippen molar-refractivity contribution in [3.63, 3.8) is 0 Å². The van der Waals surface area contributed by atoms with Crippen LogP contribution in [0.5, 0.6) is 0 Å². The van der Waals surface area contributed by atoms with E-state index in [0.717, 1.165) is 0 Å². The van der Waals surface area contributed by atoms with Crippen LogP contribution in [0, 0.1) is 6.92 Å². The molecular formula is C14H20N4O5. The normalized spacial score (nSPS) is 20.4. The number of amides is 1. The van der Waals surface area contributed by atoms with E-state index in [0.29, 0.717) is 5.56 Å². The third kappa shape index (κ3) is 2.87. The van der Waals surface area contributed by atoms with Crippen LogP contribution >= 0.6 is 0 Å². The van der Waals surface area contributed by atoms with Gasteiger partial charge in [-0.25, -0.2) is 4.79 Å². The highest BCUT2D eigenvalue weighted by Crippen LogP contribution is 2.35. The fourth-order valence-electron chi connectivity index (χ4n) is 2.45. The van der Waals surface area contributed by atoms with Gasteiger partial charge in [-0.3, -0.25) is 9.36 Å². The van der Waals surface area contributed by atoms with Crippen molar-refractivity contribution in [2.45, 2.75) is 26.1 Å². The topological polar surface area (TPSA) is 120 Å². The van der Waals surface area contributed by atoms with E-state index < -0.39 is 24.6 Å². The van der Waals surface area contributed by atoms with E-state index in [1.165, 1.54) is 29.7 Å². The van der Waals surface area contributed by atoms with Gasteiger partial charge in [0.2, 0.25) is 12.1 Å². The van der Waals surface area contributed by atoms with E-state index in [4.69, 9.17) is 15.2 Å². The molecule has 2 heterocycles. The monoisotopic (exact) mass is 324 g/mol. The maximum Gasteiger partial charge on any atom is 0.352 e. The van der Waals surface area contributed by atoms with Gasteiger partial charge in [-0.05, 0) is 6.92 Å². The maximum atomic E-state index is 12.2. The van der Waals surface area contributed by atoms with Crippen molar-refractivity contribution in [2.75, 3.05) is 26.5 Å². The Morgan fingerprint density at radius 1 is 1.61 bits per heavy atom. The summed E-state index contributed by atoms with van der Waals surface area (Å²) in [5, 5.41) is 9.45. The number of anilines is 1. The smallest absolute Gasteiger partial charge is 0.352 e. The van der Waals surface area contributed by atoms with Crippen LogP contribution in [-0.2, 0) is 14.3 Å². The molecule has 9 nitrogen and oxygen atoms in total. The van der Waals surface area contributed by atoms with E-state index in [1.807, 2.05) is 0 Å². The molecule has 1 aromatic heterocycles. The van der Waals surface area contributed by atoms with Crippen molar-refractivity contribution in [1.29, 1.82) is 0 Å². The van der Waals surface area contributed by atoms with E-state index in [9.17, 15) is 14.7 Å². The minimum Gasteiger partial charge on any atom is -0.495 e. The number of carbonyl (C=O) groups is 1. The van der Waals surface area contributed by atoms with E-state index in [-0.39, 0.29) is 23.2 Å². The van der Waals surface area contributed by atoms with E-state index in [2.05, 4.69) is 4.98 Å². The molecule has 0 radical (unpaired) electrons. The highest BCUT2D eigenvalue weighted by atomic mass is 16.6. The lowest BCUT2D eigenvalue weighted by Gasteiger charge is -2.29. The molecule has 2 atom stereocenters. The number of hydrogen-bond acceptors (Lipinski definition) is 7. The zero-order valence-electron chi connectivity index (χ0n) is 13.4. The van der Waals surface area contributed by atoms with Crippen LogP contribution < -0.4 is 11.4 Å². The molecule has 23 heavy (non-hydrogen) atoms. The van der Waals surface area contributed by atoms with E-state index >= 15 is 0 Å². The molecule has 9 heteroatoms. The quantitative estimate of drug-likeness (QED) is 0.756. The lowest BCUT2D eigenvalue weighted by atomic mass is 10.2. The second-order valence-corrected chi connectivity index (χ2v) is 5.23. The average Bonchev–Trinajstić information content (AvgIpc) is 2.88. The fraction of sp³-hybridized carbons (Fsp3) is 0.500. The molecule has 0 saturated carbocycles. The third-order valence-corrected chi connectivity index (χ3v) is 3.80. The number of nitrogen functional groups attached to an aromatic ring is 1. The van der Waals surface area contributed by atoms with Crippen molar-refractivity contribution in [2.24, 2.45) is 0 Å². The number of likely N-dealkylation sites (N-methyl/N-ethyl adjacent to an activating group) is 1. The van der Waals surface area contributed by atoms with Crippen molar-refractivity contribution in [3.8, 4) is 0 Å². The highest BCUT2D eigenvalue weighted by Gasteiger charge is 2.43. The minimum atomic E-state index is -0.903. The van der Waals surface area contributed by atoms with Gasteiger partial charge in [-0.1, -0.05) is 0 Å². The molecule has 1 aliphatic rings. The lowest BCUT2D eigenvalue weighted by molar-refractivity contribution is -0.132. The predicted molar refractivity (Wildman–Crippen MR) is 81.1 cm³/mol. The van der Waals surface area contributed by atoms with Gasteiger partial charge in [0.15, 0.2) is 11.5 Å². The van der Waals surface area contributed by atoms with Crippen molar-refractivity contribution in [1.82, 2.24) is 14.5 Å². The number of aliphatic hydroxyl groups is 1. The van der Waals surface area contributed by atoms with Crippen molar-refractivity contribution in [3.05, 3.63) is 33.8 Å². The molecule has 0 aliphatic carbocycles. The van der Waals surface area contributed by atoms with Crippen molar-refractivity contribution < 1.29 is 19.4 Å². The Hall–Kier alpha value is -2.55. The van der Waals surface area contributed by atoms with Crippen LogP contribution in [0.2, 0.25) is 0 Å². The van der Waals surface area contributed by atoms with Crippen LogP contribution in [0.1, 0.15) is 18.7 Å². The van der Waals surface area contributed by atoms with Crippen LogP contribution in [0.4, 0.5) is 5.82 Å². The number of aryl methyl sites for hydroxylation is 1. The van der Waals surface area contributed by atoms with Gasteiger partial charge in [0.05, 0.1) is 7.11 Å². The Morgan fingerprint density at radius 3 is 2.78 bits per heavy atom. The van der Waals surface area contributed by atoms with Crippen LogP contribution in [0.25, 0.3) is 0 Å². The van der Waals surface area contributed by atoms with Gasteiger partial charge in [-0.2, -0.15) is 4.98 Å². The van der Waals surface area contributed by atoms with E-state index in [1.54, 1.807) is 14.0 Å². The number of nitrogens with two attached hydrogens (primary N) is 1. The molecule has 3 N–H and O–H groups in total. The summed E-state index contributed by atoms with van der Waals surface area (Å²) in [5.41, 5.74) is 5.61. The molecule has 1 amide bonds. The first kappa shape index (κ1) is 16.8. The summed E-state index contributed by atoms with van der Waals surface area (Å²) in [7, 11) is 2.97. The second kappa shape index (κ2) is 6.29. The predicted octanol–water partition coefficient (Wildman–Crippen LogP) is -0.640. The standard InChI is InChI=1S/C14H20N4O5/c1-7-5-18(14(21)16-12(7)15)13-10(17(3)8(2)20)11(22-4)9(6-19)23-13/h5,10,13,19H,6H2,1-4H3,(H2,15,16,21). The molecule has 0 saturated heterocycles. The molecule has 0 spiro atoms. The van der Waals surface area contributed by atoms with Gasteiger partial charge < -0.3 is 25.2 Å². The number of methoxy groups -OCH3 is 1. The zero-order valence-corrected chi connectivity index (χ0v) is 13.4. The van der Waals surface area contributed by atoms with Crippen LogP contribution in [-0.4, -0.2) is 52.3 Å². The third-order valence-electron chi connectivity index (χ3n) is 3.80. The van der Waals surface area contributed by atoms with Gasteiger partial charge in [0, 0.05) is 25.7 Å². The summed E-state index contributed by atoms with van der Waals surface area (Å²) >= 11 is 0. The number of aromatic nitrogens is 2. The number of aliphatic hydroxyl groups excluding tert-OH is 1. The SMILES string of the molecule is COC1=C(CO)OC(n2cc(C)c(N)nc2=O)C1N(C)C(C)=O. The molecule has 0 aromatic carbocycles. The Labute approximate surface area is 132 Å². The summed E-state index contributed by atoms with van der Waals surface area (Å²) in [6.07, 6.45) is 0.601. The first-order chi connectivity index (χ1) is 10.8. The average molecular weight is 324 g/mol. The zero-order chi connectivity index (χ0) is 17.3. The first-order valence-electron chi connectivity index (χ1n) is 6.95. The molecule has 2 unspecified atom stereocenters. The first-order valence-corrected chi connectivity index (χ1v) is 6.95. The van der Waals surface area contributed by atoms with Crippen molar-refractivity contribution >= 4 is 11.7 Å². The number of carbonyl (C=O) groups excluding carboxylic acids is 1. The Bertz CT molecular complexity index is 712. The van der Waals surface area contributed by atoms with Gasteiger partial charge >= 0.3 is 5.69 Å². The lowest BCUT2D eigenvalue weighted by Crippen LogP contribution is -2.44. The molecule has 126 valence electrons. The van der Waals surface area contributed by atoms with Crippen LogP contribution in [0.3, 0.4) is 0 Å². The fourth-order valence-corrected chi connectivity index (χ4v) is 2.45. The molecule has 2 rings (SSSR count). The molecule has 0 fully saturated rings. The van der Waals surface area contributed by atoms with Crippen LogP contribution in [0.15, 0.2) is 22.5 Å². The Kier molecular flexibility index (Phi) is 4.60. The summed E-state index contributed by atoms with van der Waals surface area (Å²) in [4.78, 5) is 29.1. The largest absolute Gasteiger partial charge is 0.495 e. The molecule has 0 bridgehead atoms. The summed E-state index contributed by atoms with van der Waals surface area (Å²) in [6, 6.07) is -0.706.